The Balaban J connectivity index is 1.55. The number of nitrogens with zero attached hydrogens (tertiary/aromatic N) is 2. The zero-order chi connectivity index (χ0) is 24.9. The topological polar surface area (TPSA) is 105 Å². The van der Waals surface area contributed by atoms with Gasteiger partial charge in [-0.3, -0.25) is 4.79 Å². The third-order valence-corrected chi connectivity index (χ3v) is 7.17. The number of halogens is 1. The van der Waals surface area contributed by atoms with Gasteiger partial charge in [-0.1, -0.05) is 19.3 Å². The van der Waals surface area contributed by atoms with Gasteiger partial charge in [-0.25, -0.2) is 9.78 Å². The first-order valence-corrected chi connectivity index (χ1v) is 12.7. The summed E-state index contributed by atoms with van der Waals surface area (Å²) in [4.78, 5) is 33.5. The number of anilines is 1. The lowest BCUT2D eigenvalue weighted by atomic mass is 9.82. The fourth-order valence-electron chi connectivity index (χ4n) is 4.76. The number of amides is 1. The molecule has 1 aliphatic rings. The summed E-state index contributed by atoms with van der Waals surface area (Å²) >= 11 is 3.46. The Labute approximate surface area is 212 Å². The van der Waals surface area contributed by atoms with Gasteiger partial charge in [0.2, 0.25) is 0 Å². The molecule has 35 heavy (non-hydrogen) atoms. The van der Waals surface area contributed by atoms with E-state index in [1.807, 2.05) is 24.3 Å². The average molecular weight is 544 g/mol. The Bertz CT molecular complexity index is 1190. The van der Waals surface area contributed by atoms with Crippen molar-refractivity contribution in [2.45, 2.75) is 51.5 Å². The van der Waals surface area contributed by atoms with Crippen LogP contribution in [0.4, 0.5) is 5.69 Å². The van der Waals surface area contributed by atoms with Crippen molar-refractivity contribution in [3.05, 3.63) is 57.9 Å². The lowest BCUT2D eigenvalue weighted by molar-refractivity contribution is -0.234. The molecule has 1 unspecified atom stereocenters. The number of nitrogens with one attached hydrogen (secondary N) is 1. The minimum absolute atomic E-state index is 0.00278. The van der Waals surface area contributed by atoms with Crippen molar-refractivity contribution in [2.24, 2.45) is 5.92 Å². The maximum absolute atomic E-state index is 12.7. The third kappa shape index (κ3) is 5.85. The molecule has 186 valence electrons. The van der Waals surface area contributed by atoms with Gasteiger partial charge in [-0.05, 0) is 78.0 Å². The minimum Gasteiger partial charge on any atom is -0.457 e. The monoisotopic (exact) mass is 543 g/mol. The molecule has 1 amide bonds. The molecular weight excluding hydrogens is 514 g/mol. The largest absolute Gasteiger partial charge is 0.457 e. The summed E-state index contributed by atoms with van der Waals surface area (Å²) in [6.45, 7) is 2.21. The number of aryl methyl sites for hydroxylation is 1. The molecule has 9 heteroatoms. The first-order chi connectivity index (χ1) is 16.9. The molecule has 2 N–H and O–H groups in total. The Hall–Kier alpha value is -2.91. The van der Waals surface area contributed by atoms with Gasteiger partial charge < -0.3 is 19.5 Å². The number of carbonyl (C=O) groups is 2. The normalized spacial score (nSPS) is 15.1. The van der Waals surface area contributed by atoms with Gasteiger partial charge in [0.25, 0.3) is 5.91 Å². The molecule has 4 rings (SSSR count). The Morgan fingerprint density at radius 1 is 1.20 bits per heavy atom. The van der Waals surface area contributed by atoms with Crippen LogP contribution in [-0.4, -0.2) is 40.6 Å². The van der Waals surface area contributed by atoms with Crippen LogP contribution in [0.3, 0.4) is 0 Å². The summed E-state index contributed by atoms with van der Waals surface area (Å²) in [7, 11) is 1.61. The van der Waals surface area contributed by atoms with Gasteiger partial charge in [-0.15, -0.1) is 0 Å². The van der Waals surface area contributed by atoms with Crippen molar-refractivity contribution >= 4 is 44.6 Å². The molecule has 1 aliphatic carbocycles. The number of furan rings is 1. The summed E-state index contributed by atoms with van der Waals surface area (Å²) in [5, 5.41) is 12.1. The lowest BCUT2D eigenvalue weighted by Crippen LogP contribution is -2.29. The van der Waals surface area contributed by atoms with Crippen LogP contribution in [0.25, 0.3) is 11.1 Å². The number of benzene rings is 1. The number of rotatable bonds is 8. The quantitative estimate of drug-likeness (QED) is 0.200. The van der Waals surface area contributed by atoms with Crippen molar-refractivity contribution in [3.63, 3.8) is 0 Å². The summed E-state index contributed by atoms with van der Waals surface area (Å²) in [6.07, 6.45) is 5.85. The number of fused-ring (bicyclic) bond motifs is 1. The SMILES string of the molecule is Cc1c(C(Nc2ccc(C(=O)N(C)CCC(=O)OO)cc2)C2CCCCC2)oc2ccc(Br)nc12. The molecule has 3 aromatic rings. The zero-order valence-corrected chi connectivity index (χ0v) is 21.5. The summed E-state index contributed by atoms with van der Waals surface area (Å²) < 4.78 is 7.11. The van der Waals surface area contributed by atoms with Gasteiger partial charge >= 0.3 is 5.97 Å². The maximum atomic E-state index is 12.7. The second kappa shape index (κ2) is 11.2. The smallest absolute Gasteiger partial charge is 0.343 e. The van der Waals surface area contributed by atoms with E-state index in [0.29, 0.717) is 11.5 Å². The van der Waals surface area contributed by atoms with Gasteiger partial charge in [0.05, 0.1) is 12.5 Å². The van der Waals surface area contributed by atoms with E-state index in [1.54, 1.807) is 19.2 Å². The lowest BCUT2D eigenvalue weighted by Gasteiger charge is -2.31. The number of carbonyl (C=O) groups excluding carboxylic acids is 2. The van der Waals surface area contributed by atoms with E-state index in [9.17, 15) is 9.59 Å². The van der Waals surface area contributed by atoms with E-state index in [4.69, 9.17) is 9.67 Å². The van der Waals surface area contributed by atoms with E-state index < -0.39 is 5.97 Å². The van der Waals surface area contributed by atoms with Crippen molar-refractivity contribution < 1.29 is 24.2 Å². The first kappa shape index (κ1) is 25.2. The summed E-state index contributed by atoms with van der Waals surface area (Å²) in [6, 6.07) is 11.2. The molecule has 8 nitrogen and oxygen atoms in total. The van der Waals surface area contributed by atoms with E-state index in [-0.39, 0.29) is 24.9 Å². The van der Waals surface area contributed by atoms with Gasteiger partial charge in [0, 0.05) is 30.4 Å². The highest BCUT2D eigenvalue weighted by Crippen LogP contribution is 2.40. The summed E-state index contributed by atoms with van der Waals surface area (Å²) in [5.74, 6) is 0.357. The molecule has 0 radical (unpaired) electrons. The van der Waals surface area contributed by atoms with E-state index in [1.165, 1.54) is 24.2 Å². The van der Waals surface area contributed by atoms with E-state index in [0.717, 1.165) is 45.6 Å². The fraction of sp³-hybridized carbons (Fsp3) is 0.423. The second-order valence-electron chi connectivity index (χ2n) is 9.11. The van der Waals surface area contributed by atoms with Crippen LogP contribution in [0.1, 0.15) is 66.2 Å². The molecule has 2 heterocycles. The minimum atomic E-state index is -0.776. The maximum Gasteiger partial charge on any atom is 0.343 e. The van der Waals surface area contributed by atoms with Crippen LogP contribution in [0.15, 0.2) is 45.4 Å². The molecule has 0 spiro atoms. The molecule has 1 saturated carbocycles. The predicted octanol–water partition coefficient (Wildman–Crippen LogP) is 6.11. The second-order valence-corrected chi connectivity index (χ2v) is 9.92. The Morgan fingerprint density at radius 3 is 2.60 bits per heavy atom. The van der Waals surface area contributed by atoms with E-state index in [2.05, 4.69) is 38.0 Å². The van der Waals surface area contributed by atoms with Crippen LogP contribution in [0.5, 0.6) is 0 Å². The molecule has 2 aromatic heterocycles. The van der Waals surface area contributed by atoms with Crippen LogP contribution in [0, 0.1) is 12.8 Å². The molecular formula is C26H30BrN3O5. The van der Waals surface area contributed by atoms with Crippen LogP contribution in [0.2, 0.25) is 0 Å². The zero-order valence-electron chi connectivity index (χ0n) is 19.9. The van der Waals surface area contributed by atoms with Crippen LogP contribution >= 0.6 is 15.9 Å². The highest BCUT2D eigenvalue weighted by molar-refractivity contribution is 9.10. The molecule has 0 aliphatic heterocycles. The highest BCUT2D eigenvalue weighted by atomic mass is 79.9. The van der Waals surface area contributed by atoms with Gasteiger partial charge in [-0.2, -0.15) is 5.26 Å². The standard InChI is InChI=1S/C26H30BrN3O5/c1-16-23-20(12-13-21(27)29-23)34-25(16)24(17-6-4-3-5-7-17)28-19-10-8-18(9-11-19)26(32)30(2)15-14-22(31)35-33/h8-13,17,24,28,33H,3-7,14-15H2,1-2H3. The van der Waals surface area contributed by atoms with Gasteiger partial charge in [0.15, 0.2) is 5.58 Å². The van der Waals surface area contributed by atoms with Crippen molar-refractivity contribution in [2.75, 3.05) is 18.9 Å². The summed E-state index contributed by atoms with van der Waals surface area (Å²) in [5.41, 5.74) is 4.10. The number of hydrogen-bond acceptors (Lipinski definition) is 7. The predicted molar refractivity (Wildman–Crippen MR) is 136 cm³/mol. The van der Waals surface area contributed by atoms with Crippen LogP contribution < -0.4 is 5.32 Å². The fourth-order valence-corrected chi connectivity index (χ4v) is 5.07. The first-order valence-electron chi connectivity index (χ1n) is 11.9. The number of aromatic nitrogens is 1. The Morgan fingerprint density at radius 2 is 1.91 bits per heavy atom. The third-order valence-electron chi connectivity index (χ3n) is 6.73. The molecule has 1 atom stereocenters. The van der Waals surface area contributed by atoms with Crippen molar-refractivity contribution in [3.8, 4) is 0 Å². The van der Waals surface area contributed by atoms with Crippen molar-refractivity contribution in [1.29, 1.82) is 0 Å². The van der Waals surface area contributed by atoms with Crippen molar-refractivity contribution in [1.82, 2.24) is 9.88 Å². The average Bonchev–Trinajstić information content (AvgIpc) is 3.21. The molecule has 1 fully saturated rings. The van der Waals surface area contributed by atoms with Crippen LogP contribution in [-0.2, 0) is 9.68 Å². The highest BCUT2D eigenvalue weighted by Gasteiger charge is 2.30. The number of hydrogen-bond donors (Lipinski definition) is 2. The molecule has 0 bridgehead atoms. The van der Waals surface area contributed by atoms with Gasteiger partial charge in [0.1, 0.15) is 15.9 Å². The molecule has 0 saturated heterocycles. The molecule has 1 aromatic carbocycles. The van der Waals surface area contributed by atoms with E-state index >= 15 is 0 Å². The Kier molecular flexibility index (Phi) is 8.07. The number of pyridine rings is 1.